The zero-order valence-electron chi connectivity index (χ0n) is 22.2. The summed E-state index contributed by atoms with van der Waals surface area (Å²) < 4.78 is 52.5. The molecule has 0 amide bonds. The van der Waals surface area contributed by atoms with Crippen LogP contribution in [-0.4, -0.2) is 156 Å². The highest BCUT2D eigenvalue weighted by atomic mass is 31.2. The smallest absolute Gasteiger partial charge is 0.394 e. The van der Waals surface area contributed by atoms with E-state index in [0.29, 0.717) is 28.3 Å². The topological polar surface area (TPSA) is 188 Å². The van der Waals surface area contributed by atoms with Crippen molar-refractivity contribution < 1.29 is 70.5 Å². The number of likely N-dealkylation sites (N-methyl/N-ethyl adjacent to an activating group) is 2. The maximum Gasteiger partial charge on any atom is 0.472 e. The molecule has 0 bridgehead atoms. The highest BCUT2D eigenvalue weighted by molar-refractivity contribution is 7.47. The number of aldehydes is 1. The number of carbonyl (C=O) groups excluding carboxylic acids is 1. The number of hydrogen-bond donors (Lipinski definition) is 4. The summed E-state index contributed by atoms with van der Waals surface area (Å²) in [5.74, 6) is 0. The maximum absolute atomic E-state index is 11.4. The summed E-state index contributed by atoms with van der Waals surface area (Å²) in [6.07, 6.45) is -0.363. The largest absolute Gasteiger partial charge is 0.472 e. The van der Waals surface area contributed by atoms with Crippen LogP contribution in [0.5, 0.6) is 0 Å². The molecule has 0 saturated carbocycles. The van der Waals surface area contributed by atoms with Gasteiger partial charge in [0.25, 0.3) is 0 Å². The van der Waals surface area contributed by atoms with E-state index < -0.39 is 28.4 Å². The Hall–Kier alpha value is -0.350. The van der Waals surface area contributed by atoms with Crippen molar-refractivity contribution in [3.8, 4) is 0 Å². The lowest BCUT2D eigenvalue weighted by atomic mass is 10.4. The van der Waals surface area contributed by atoms with E-state index in [1.807, 2.05) is 42.3 Å². The first-order chi connectivity index (χ1) is 16.4. The molecule has 0 aliphatic rings. The van der Waals surface area contributed by atoms with E-state index in [1.165, 1.54) is 0 Å². The second-order valence-corrected chi connectivity index (χ2v) is 12.4. The molecule has 0 aromatic carbocycles. The van der Waals surface area contributed by atoms with Crippen molar-refractivity contribution in [2.75, 3.05) is 115 Å². The van der Waals surface area contributed by atoms with Crippen LogP contribution in [-0.2, 0) is 41.5 Å². The van der Waals surface area contributed by atoms with E-state index in [-0.39, 0.29) is 52.9 Å². The van der Waals surface area contributed by atoms with Gasteiger partial charge in [0.15, 0.2) is 0 Å². The van der Waals surface area contributed by atoms with Crippen LogP contribution < -0.4 is 0 Å². The van der Waals surface area contributed by atoms with Gasteiger partial charge in [-0.05, 0) is 0 Å². The quantitative estimate of drug-likeness (QED) is 0.0582. The third-order valence-corrected chi connectivity index (χ3v) is 5.74. The average molecular weight is 573 g/mol. The maximum atomic E-state index is 11.4. The van der Waals surface area contributed by atoms with Gasteiger partial charge in [0.1, 0.15) is 45.3 Å². The minimum absolute atomic E-state index is 0.0281. The molecule has 3 atom stereocenters. The van der Waals surface area contributed by atoms with Gasteiger partial charge in [0.2, 0.25) is 0 Å². The van der Waals surface area contributed by atoms with Gasteiger partial charge in [0.05, 0.1) is 81.9 Å². The zero-order valence-corrected chi connectivity index (χ0v) is 24.0. The fraction of sp³-hybridized carbons (Fsp3) is 0.947. The summed E-state index contributed by atoms with van der Waals surface area (Å²) in [6.45, 7) is 0.786. The summed E-state index contributed by atoms with van der Waals surface area (Å²) in [5, 5.41) is 17.5. The van der Waals surface area contributed by atoms with Gasteiger partial charge in [-0.25, -0.2) is 9.13 Å². The molecule has 0 aromatic rings. The standard InChI is InChI=1S/C10H24NO7P.C9H20NO6P/c1-11(2,3)4-5-17-19(14,15)18-7-6-16-9-10(13)8-12;1-10(2,3)4-6-15-17(12,13)16-9-8-14-7-5-11/h10,12-13H,4-9H2,1-3H3;5H,4,6-9H2,1-3H3/p+2. The first-order valence-corrected chi connectivity index (χ1v) is 14.1. The van der Waals surface area contributed by atoms with Crippen LogP contribution in [0.25, 0.3) is 0 Å². The molecular weight excluding hydrogens is 526 g/mol. The van der Waals surface area contributed by atoms with Crippen LogP contribution in [0.3, 0.4) is 0 Å². The number of rotatable bonds is 21. The molecule has 0 aliphatic carbocycles. The van der Waals surface area contributed by atoms with Gasteiger partial charge in [-0.15, -0.1) is 0 Å². The predicted octanol–water partition coefficient (Wildman–Crippen LogP) is -0.762. The lowest BCUT2D eigenvalue weighted by Crippen LogP contribution is -2.37. The van der Waals surface area contributed by atoms with Gasteiger partial charge in [-0.2, -0.15) is 0 Å². The molecule has 0 radical (unpaired) electrons. The SMILES string of the molecule is C[N+](C)(C)CCOP(=O)(O)OCCOCC(O)CO.C[N+](C)(C)CCOP(=O)(O)OCCOCC=O. The molecule has 17 heteroatoms. The van der Waals surface area contributed by atoms with Crippen molar-refractivity contribution in [2.45, 2.75) is 6.10 Å². The molecule has 0 aliphatic heterocycles. The highest BCUT2D eigenvalue weighted by Crippen LogP contribution is 2.43. The molecule has 15 nitrogen and oxygen atoms in total. The van der Waals surface area contributed by atoms with Crippen molar-refractivity contribution in [1.29, 1.82) is 0 Å². The summed E-state index contributed by atoms with van der Waals surface area (Å²) in [6, 6.07) is 0. The number of aliphatic hydroxyl groups is 2. The lowest BCUT2D eigenvalue weighted by molar-refractivity contribution is -0.870. The third kappa shape index (κ3) is 29.9. The Morgan fingerprint density at radius 2 is 1.11 bits per heavy atom. The number of phosphoric ester groups is 2. The van der Waals surface area contributed by atoms with Crippen LogP contribution in [0.15, 0.2) is 0 Å². The fourth-order valence-electron chi connectivity index (χ4n) is 1.76. The van der Waals surface area contributed by atoms with E-state index in [1.54, 1.807) is 0 Å². The van der Waals surface area contributed by atoms with Gasteiger partial charge in [0, 0.05) is 0 Å². The number of aliphatic hydroxyl groups excluding tert-OH is 2. The molecule has 0 fully saturated rings. The molecule has 0 heterocycles. The minimum atomic E-state index is -4.05. The average Bonchev–Trinajstić information content (AvgIpc) is 2.71. The molecule has 0 spiro atoms. The summed E-state index contributed by atoms with van der Waals surface area (Å²) in [4.78, 5) is 28.5. The summed E-state index contributed by atoms with van der Waals surface area (Å²) in [5.41, 5.74) is 0. The molecule has 218 valence electrons. The Bertz CT molecular complexity index is 656. The second kappa shape index (κ2) is 19.7. The Morgan fingerprint density at radius 1 is 0.722 bits per heavy atom. The molecule has 4 N–H and O–H groups in total. The van der Waals surface area contributed by atoms with Gasteiger partial charge >= 0.3 is 15.6 Å². The summed E-state index contributed by atoms with van der Waals surface area (Å²) >= 11 is 0. The van der Waals surface area contributed by atoms with Crippen LogP contribution in [0.4, 0.5) is 0 Å². The van der Waals surface area contributed by atoms with Crippen molar-refractivity contribution in [1.82, 2.24) is 0 Å². The minimum Gasteiger partial charge on any atom is -0.394 e. The highest BCUT2D eigenvalue weighted by Gasteiger charge is 2.23. The van der Waals surface area contributed by atoms with Gasteiger partial charge < -0.3 is 43.2 Å². The first-order valence-electron chi connectivity index (χ1n) is 11.2. The van der Waals surface area contributed by atoms with Gasteiger partial charge in [-0.1, -0.05) is 0 Å². The predicted molar refractivity (Wildman–Crippen MR) is 130 cm³/mol. The molecule has 0 aromatic heterocycles. The van der Waals surface area contributed by atoms with E-state index in [2.05, 4.69) is 9.05 Å². The van der Waals surface area contributed by atoms with Crippen molar-refractivity contribution in [3.63, 3.8) is 0 Å². The molecule has 0 saturated heterocycles. The number of ether oxygens (including phenoxy) is 2. The Morgan fingerprint density at radius 3 is 1.47 bits per heavy atom. The lowest BCUT2D eigenvalue weighted by Gasteiger charge is -2.24. The second-order valence-electron chi connectivity index (χ2n) is 9.45. The van der Waals surface area contributed by atoms with E-state index in [9.17, 15) is 23.7 Å². The van der Waals surface area contributed by atoms with Crippen LogP contribution in [0.2, 0.25) is 0 Å². The molecule has 0 rings (SSSR count). The molecule has 3 unspecified atom stereocenters. The zero-order chi connectivity index (χ0) is 28.3. The Kier molecular flexibility index (Phi) is 20.7. The van der Waals surface area contributed by atoms with Crippen LogP contribution in [0, 0.1) is 0 Å². The van der Waals surface area contributed by atoms with E-state index in [4.69, 9.17) is 28.7 Å². The van der Waals surface area contributed by atoms with Gasteiger partial charge in [-0.3, -0.25) is 18.1 Å². The van der Waals surface area contributed by atoms with Crippen molar-refractivity contribution in [3.05, 3.63) is 0 Å². The monoisotopic (exact) mass is 572 g/mol. The molecular formula is C19H46N2O13P2+2. The number of carbonyl (C=O) groups is 1. The van der Waals surface area contributed by atoms with Crippen molar-refractivity contribution in [2.24, 2.45) is 0 Å². The number of nitrogens with zero attached hydrogens (tertiary/aromatic N) is 2. The first kappa shape index (κ1) is 37.8. The summed E-state index contributed by atoms with van der Waals surface area (Å²) in [7, 11) is 3.59. The number of hydrogen-bond acceptors (Lipinski definition) is 11. The third-order valence-electron chi connectivity index (χ3n) is 3.70. The Labute approximate surface area is 213 Å². The molecule has 36 heavy (non-hydrogen) atoms. The number of quaternary nitrogens is 2. The van der Waals surface area contributed by atoms with E-state index in [0.717, 1.165) is 0 Å². The number of phosphoric acid groups is 2. The van der Waals surface area contributed by atoms with Crippen molar-refractivity contribution >= 4 is 21.9 Å². The van der Waals surface area contributed by atoms with Crippen LogP contribution >= 0.6 is 15.6 Å². The Balaban J connectivity index is 0. The fourth-order valence-corrected chi connectivity index (χ4v) is 3.15. The van der Waals surface area contributed by atoms with E-state index >= 15 is 0 Å². The van der Waals surface area contributed by atoms with Crippen LogP contribution in [0.1, 0.15) is 0 Å². The normalized spacial score (nSPS) is 16.4.